The van der Waals surface area contributed by atoms with E-state index in [1.54, 1.807) is 6.20 Å². The molecule has 1 N–H and O–H groups in total. The molecule has 0 spiro atoms. The molecule has 1 saturated heterocycles. The maximum atomic E-state index is 5.97. The molecular weight excluding hydrogens is 302 g/mol. The maximum absolute atomic E-state index is 5.97. The molecule has 1 aliphatic rings. The van der Waals surface area contributed by atoms with Crippen molar-refractivity contribution >= 4 is 28.9 Å². The van der Waals surface area contributed by atoms with Gasteiger partial charge in [-0.25, -0.2) is 4.98 Å². The lowest BCUT2D eigenvalue weighted by atomic mass is 10.3. The third kappa shape index (κ3) is 3.15. The van der Waals surface area contributed by atoms with Gasteiger partial charge < -0.3 is 15.1 Å². The lowest BCUT2D eigenvalue weighted by Crippen LogP contribution is -2.44. The molecule has 3 rings (SSSR count). The molecule has 22 heavy (non-hydrogen) atoms. The van der Waals surface area contributed by atoms with Gasteiger partial charge in [0.1, 0.15) is 0 Å². The average molecular weight is 322 g/mol. The number of likely N-dealkylation sites (N-methyl/N-ethyl adjacent to an activating group) is 1. The van der Waals surface area contributed by atoms with E-state index in [1.807, 2.05) is 24.7 Å². The Bertz CT molecular complexity index is 642. The standard InChI is InChI=1S/C14H20ClN7/c1-10-8-12(19-21(10)3)17-13-11(9-16-14(15)18-13)22-6-4-20(2)5-7-22/h8-9H,4-7H2,1-3H3,(H,16,17,18,19). The summed E-state index contributed by atoms with van der Waals surface area (Å²) in [5.74, 6) is 1.45. The van der Waals surface area contributed by atoms with E-state index in [9.17, 15) is 0 Å². The lowest BCUT2D eigenvalue weighted by Gasteiger charge is -2.34. The Kier molecular flexibility index (Phi) is 4.17. The molecule has 118 valence electrons. The molecular formula is C14H20ClN7. The Balaban J connectivity index is 1.87. The fourth-order valence-corrected chi connectivity index (χ4v) is 2.60. The molecule has 8 heteroatoms. The summed E-state index contributed by atoms with van der Waals surface area (Å²) in [7, 11) is 4.04. The number of aryl methyl sites for hydroxylation is 2. The van der Waals surface area contributed by atoms with Crippen molar-refractivity contribution in [1.82, 2.24) is 24.6 Å². The number of halogens is 1. The second-order valence-electron chi connectivity index (χ2n) is 5.58. The number of nitrogens with one attached hydrogen (secondary N) is 1. The smallest absolute Gasteiger partial charge is 0.224 e. The van der Waals surface area contributed by atoms with Crippen molar-refractivity contribution in [1.29, 1.82) is 0 Å². The quantitative estimate of drug-likeness (QED) is 0.868. The zero-order chi connectivity index (χ0) is 15.7. The minimum Gasteiger partial charge on any atom is -0.365 e. The fourth-order valence-electron chi connectivity index (χ4n) is 2.47. The molecule has 3 heterocycles. The van der Waals surface area contributed by atoms with E-state index >= 15 is 0 Å². The maximum Gasteiger partial charge on any atom is 0.224 e. The SMILES string of the molecule is Cc1cc(Nc2nc(Cl)ncc2N2CCN(C)CC2)nn1C. The van der Waals surface area contributed by atoms with Crippen LogP contribution in [0.15, 0.2) is 12.3 Å². The predicted octanol–water partition coefficient (Wildman–Crippen LogP) is 1.67. The van der Waals surface area contributed by atoms with Crippen molar-refractivity contribution in [2.75, 3.05) is 43.4 Å². The van der Waals surface area contributed by atoms with Crippen LogP contribution >= 0.6 is 11.6 Å². The minimum absolute atomic E-state index is 0.230. The van der Waals surface area contributed by atoms with Crippen molar-refractivity contribution in [2.24, 2.45) is 7.05 Å². The predicted molar refractivity (Wildman–Crippen MR) is 88.0 cm³/mol. The van der Waals surface area contributed by atoms with Crippen LogP contribution in [0.5, 0.6) is 0 Å². The summed E-state index contributed by atoms with van der Waals surface area (Å²) in [6.07, 6.45) is 1.78. The molecule has 1 fully saturated rings. The van der Waals surface area contributed by atoms with E-state index in [2.05, 4.69) is 37.2 Å². The molecule has 0 amide bonds. The summed E-state index contributed by atoms with van der Waals surface area (Å²) in [6.45, 7) is 5.93. The van der Waals surface area contributed by atoms with E-state index < -0.39 is 0 Å². The molecule has 2 aromatic heterocycles. The van der Waals surface area contributed by atoms with Crippen LogP contribution in [-0.2, 0) is 7.05 Å². The van der Waals surface area contributed by atoms with Crippen LogP contribution in [0.25, 0.3) is 0 Å². The number of anilines is 3. The highest BCUT2D eigenvalue weighted by molar-refractivity contribution is 6.28. The van der Waals surface area contributed by atoms with E-state index in [4.69, 9.17) is 11.6 Å². The number of nitrogens with zero attached hydrogens (tertiary/aromatic N) is 6. The zero-order valence-corrected chi connectivity index (χ0v) is 13.8. The van der Waals surface area contributed by atoms with Crippen LogP contribution in [0.2, 0.25) is 5.28 Å². The van der Waals surface area contributed by atoms with Gasteiger partial charge in [0.15, 0.2) is 11.6 Å². The average Bonchev–Trinajstić information content (AvgIpc) is 2.79. The number of rotatable bonds is 3. The first-order valence-corrected chi connectivity index (χ1v) is 7.64. The highest BCUT2D eigenvalue weighted by atomic mass is 35.5. The molecule has 0 aliphatic carbocycles. The van der Waals surface area contributed by atoms with Crippen molar-refractivity contribution in [3.8, 4) is 0 Å². The molecule has 0 unspecified atom stereocenters. The lowest BCUT2D eigenvalue weighted by molar-refractivity contribution is 0.313. The molecule has 0 bridgehead atoms. The second-order valence-corrected chi connectivity index (χ2v) is 5.92. The summed E-state index contributed by atoms with van der Waals surface area (Å²) >= 11 is 5.97. The first-order valence-electron chi connectivity index (χ1n) is 7.26. The molecule has 0 aromatic carbocycles. The third-order valence-corrected chi connectivity index (χ3v) is 4.13. The van der Waals surface area contributed by atoms with Gasteiger partial charge in [-0.3, -0.25) is 4.68 Å². The van der Waals surface area contributed by atoms with E-state index in [-0.39, 0.29) is 5.28 Å². The topological polar surface area (TPSA) is 62.1 Å². The number of piperazine rings is 1. The first kappa shape index (κ1) is 15.1. The summed E-state index contributed by atoms with van der Waals surface area (Å²) in [4.78, 5) is 13.1. The van der Waals surface area contributed by atoms with Gasteiger partial charge in [-0.2, -0.15) is 10.1 Å². The van der Waals surface area contributed by atoms with Gasteiger partial charge in [0.05, 0.1) is 11.9 Å². The molecule has 7 nitrogen and oxygen atoms in total. The van der Waals surface area contributed by atoms with Crippen molar-refractivity contribution in [3.63, 3.8) is 0 Å². The molecule has 0 saturated carbocycles. The highest BCUT2D eigenvalue weighted by Gasteiger charge is 2.19. The van der Waals surface area contributed by atoms with Crippen LogP contribution in [0.3, 0.4) is 0 Å². The molecule has 2 aromatic rings. The monoisotopic (exact) mass is 321 g/mol. The van der Waals surface area contributed by atoms with Crippen LogP contribution in [0.4, 0.5) is 17.3 Å². The molecule has 0 atom stereocenters. The Hall–Kier alpha value is -1.86. The van der Waals surface area contributed by atoms with Gasteiger partial charge in [-0.15, -0.1) is 0 Å². The van der Waals surface area contributed by atoms with Crippen LogP contribution in [0.1, 0.15) is 5.69 Å². The first-order chi connectivity index (χ1) is 10.5. The van der Waals surface area contributed by atoms with Crippen LogP contribution in [0, 0.1) is 6.92 Å². The largest absolute Gasteiger partial charge is 0.365 e. The molecule has 1 aliphatic heterocycles. The van der Waals surface area contributed by atoms with Crippen molar-refractivity contribution in [2.45, 2.75) is 6.92 Å². The van der Waals surface area contributed by atoms with Crippen LogP contribution < -0.4 is 10.2 Å². The fraction of sp³-hybridized carbons (Fsp3) is 0.500. The zero-order valence-electron chi connectivity index (χ0n) is 13.0. The van der Waals surface area contributed by atoms with E-state index in [0.717, 1.165) is 43.4 Å². The van der Waals surface area contributed by atoms with E-state index in [0.29, 0.717) is 5.82 Å². The summed E-state index contributed by atoms with van der Waals surface area (Å²) in [5, 5.41) is 7.90. The van der Waals surface area contributed by atoms with Crippen molar-refractivity contribution < 1.29 is 0 Å². The molecule has 0 radical (unpaired) electrons. The highest BCUT2D eigenvalue weighted by Crippen LogP contribution is 2.27. The Morgan fingerprint density at radius 3 is 2.55 bits per heavy atom. The Morgan fingerprint density at radius 2 is 1.91 bits per heavy atom. The van der Waals surface area contributed by atoms with Gasteiger partial charge in [0.25, 0.3) is 0 Å². The summed E-state index contributed by atoms with van der Waals surface area (Å²) in [5.41, 5.74) is 2.03. The van der Waals surface area contributed by atoms with Gasteiger partial charge >= 0.3 is 0 Å². The minimum atomic E-state index is 0.230. The van der Waals surface area contributed by atoms with Gasteiger partial charge in [0, 0.05) is 45.0 Å². The third-order valence-electron chi connectivity index (χ3n) is 3.94. The van der Waals surface area contributed by atoms with Gasteiger partial charge in [-0.05, 0) is 25.6 Å². The number of hydrogen-bond donors (Lipinski definition) is 1. The van der Waals surface area contributed by atoms with Gasteiger partial charge in [0.2, 0.25) is 5.28 Å². The normalized spacial score (nSPS) is 16.1. The second kappa shape index (κ2) is 6.10. The Morgan fingerprint density at radius 1 is 1.18 bits per heavy atom. The Labute approximate surface area is 134 Å². The summed E-state index contributed by atoms with van der Waals surface area (Å²) < 4.78 is 1.82. The number of aromatic nitrogens is 4. The number of hydrogen-bond acceptors (Lipinski definition) is 6. The summed E-state index contributed by atoms with van der Waals surface area (Å²) in [6, 6.07) is 1.98. The van der Waals surface area contributed by atoms with Gasteiger partial charge in [-0.1, -0.05) is 0 Å². The van der Waals surface area contributed by atoms with E-state index in [1.165, 1.54) is 0 Å². The van der Waals surface area contributed by atoms with Crippen molar-refractivity contribution in [3.05, 3.63) is 23.2 Å². The van der Waals surface area contributed by atoms with Crippen LogP contribution in [-0.4, -0.2) is 57.9 Å².